The third-order valence-electron chi connectivity index (χ3n) is 2.58. The highest BCUT2D eigenvalue weighted by Crippen LogP contribution is 2.33. The maximum absolute atomic E-state index is 11.6. The molecule has 0 unspecified atom stereocenters. The van der Waals surface area contributed by atoms with E-state index in [1.165, 1.54) is 0 Å². The number of ether oxygens (including phenoxy) is 2. The normalized spacial score (nSPS) is 16.4. The predicted octanol–water partition coefficient (Wildman–Crippen LogP) is 2.45. The minimum Gasteiger partial charge on any atom is -0.484 e. The Morgan fingerprint density at radius 2 is 2.29 bits per heavy atom. The van der Waals surface area contributed by atoms with Gasteiger partial charge in [0, 0.05) is 0 Å². The quantitative estimate of drug-likeness (QED) is 0.800. The van der Waals surface area contributed by atoms with Crippen LogP contribution in [0.2, 0.25) is 0 Å². The zero-order valence-corrected chi connectivity index (χ0v) is 10.4. The van der Waals surface area contributed by atoms with Gasteiger partial charge in [-0.1, -0.05) is 0 Å². The van der Waals surface area contributed by atoms with Crippen molar-refractivity contribution in [1.29, 1.82) is 0 Å². The molecule has 0 aromatic heterocycles. The molecule has 2 rings (SSSR count). The fraction of sp³-hybridized carbons (Fsp3) is 0.462. The van der Waals surface area contributed by atoms with Gasteiger partial charge in [0.05, 0.1) is 24.4 Å². The molecule has 92 valence electrons. The van der Waals surface area contributed by atoms with Gasteiger partial charge >= 0.3 is 5.97 Å². The summed E-state index contributed by atoms with van der Waals surface area (Å²) in [6.45, 7) is 6.91. The number of benzene rings is 1. The predicted molar refractivity (Wildman–Crippen MR) is 65.6 cm³/mol. The molecule has 17 heavy (non-hydrogen) atoms. The summed E-state index contributed by atoms with van der Waals surface area (Å²) in [6, 6.07) is 5.31. The Hall–Kier alpha value is -1.71. The molecule has 1 heterocycles. The fourth-order valence-electron chi connectivity index (χ4n) is 1.74. The van der Waals surface area contributed by atoms with E-state index in [-0.39, 0.29) is 11.6 Å². The number of anilines is 1. The van der Waals surface area contributed by atoms with E-state index in [0.717, 1.165) is 12.2 Å². The summed E-state index contributed by atoms with van der Waals surface area (Å²) in [4.78, 5) is 11.6. The number of rotatable bonds is 2. The van der Waals surface area contributed by atoms with Crippen LogP contribution in [0.3, 0.4) is 0 Å². The van der Waals surface area contributed by atoms with Crippen molar-refractivity contribution in [2.45, 2.75) is 26.4 Å². The van der Waals surface area contributed by atoms with Crippen molar-refractivity contribution in [3.05, 3.63) is 23.8 Å². The van der Waals surface area contributed by atoms with Gasteiger partial charge in [-0.05, 0) is 39.0 Å². The number of carbonyl (C=O) groups excluding carboxylic acids is 1. The molecule has 0 saturated heterocycles. The van der Waals surface area contributed by atoms with Crippen LogP contribution >= 0.6 is 0 Å². The highest BCUT2D eigenvalue weighted by Gasteiger charge is 2.26. The first kappa shape index (κ1) is 11.8. The van der Waals surface area contributed by atoms with E-state index < -0.39 is 0 Å². The molecule has 0 atom stereocenters. The highest BCUT2D eigenvalue weighted by atomic mass is 16.5. The van der Waals surface area contributed by atoms with Gasteiger partial charge in [0.1, 0.15) is 11.4 Å². The monoisotopic (exact) mass is 235 g/mol. The fourth-order valence-corrected chi connectivity index (χ4v) is 1.74. The van der Waals surface area contributed by atoms with Crippen LogP contribution in [0.5, 0.6) is 5.75 Å². The number of esters is 1. The molecule has 0 bridgehead atoms. The van der Waals surface area contributed by atoms with Crippen LogP contribution in [0.4, 0.5) is 5.69 Å². The van der Waals surface area contributed by atoms with Gasteiger partial charge in [-0.2, -0.15) is 0 Å². The van der Waals surface area contributed by atoms with Gasteiger partial charge in [-0.15, -0.1) is 0 Å². The molecule has 4 heteroatoms. The van der Waals surface area contributed by atoms with Crippen molar-refractivity contribution in [1.82, 2.24) is 0 Å². The lowest BCUT2D eigenvalue weighted by Crippen LogP contribution is -2.40. The van der Waals surface area contributed by atoms with Crippen molar-refractivity contribution >= 4 is 11.7 Å². The Morgan fingerprint density at radius 1 is 1.53 bits per heavy atom. The molecule has 1 aromatic carbocycles. The summed E-state index contributed by atoms with van der Waals surface area (Å²) in [7, 11) is 0. The second kappa shape index (κ2) is 4.28. The standard InChI is InChI=1S/C13H17NO3/c1-4-16-12(15)9-5-6-10-11(7-9)17-13(2,3)8-14-10/h5-7,14H,4,8H2,1-3H3. The maximum atomic E-state index is 11.6. The van der Waals surface area contributed by atoms with Gasteiger partial charge in [-0.25, -0.2) is 4.79 Å². The number of hydrogen-bond donors (Lipinski definition) is 1. The second-order valence-electron chi connectivity index (χ2n) is 4.65. The third kappa shape index (κ3) is 2.52. The van der Waals surface area contributed by atoms with Crippen LogP contribution in [0.15, 0.2) is 18.2 Å². The van der Waals surface area contributed by atoms with E-state index in [4.69, 9.17) is 9.47 Å². The van der Waals surface area contributed by atoms with Crippen molar-refractivity contribution < 1.29 is 14.3 Å². The van der Waals surface area contributed by atoms with Crippen LogP contribution in [-0.4, -0.2) is 24.7 Å². The Morgan fingerprint density at radius 3 is 3.00 bits per heavy atom. The van der Waals surface area contributed by atoms with Crippen LogP contribution < -0.4 is 10.1 Å². The first-order valence-electron chi connectivity index (χ1n) is 5.76. The lowest BCUT2D eigenvalue weighted by Gasteiger charge is -2.33. The molecule has 0 amide bonds. The zero-order chi connectivity index (χ0) is 12.5. The number of nitrogens with one attached hydrogen (secondary N) is 1. The summed E-state index contributed by atoms with van der Waals surface area (Å²) in [5, 5.41) is 3.27. The number of carbonyl (C=O) groups is 1. The molecule has 0 spiro atoms. The smallest absolute Gasteiger partial charge is 0.338 e. The summed E-state index contributed by atoms with van der Waals surface area (Å²) in [5.74, 6) is 0.383. The average Bonchev–Trinajstić information content (AvgIpc) is 2.27. The van der Waals surface area contributed by atoms with Crippen molar-refractivity contribution in [2.24, 2.45) is 0 Å². The average molecular weight is 235 g/mol. The third-order valence-corrected chi connectivity index (χ3v) is 2.58. The van der Waals surface area contributed by atoms with Gasteiger partial charge in [-0.3, -0.25) is 0 Å². The largest absolute Gasteiger partial charge is 0.484 e. The number of fused-ring (bicyclic) bond motifs is 1. The van der Waals surface area contributed by atoms with E-state index in [1.807, 2.05) is 19.9 Å². The molecule has 1 N–H and O–H groups in total. The first-order chi connectivity index (χ1) is 8.02. The van der Waals surface area contributed by atoms with E-state index in [0.29, 0.717) is 17.9 Å². The van der Waals surface area contributed by atoms with Gasteiger partial charge in [0.15, 0.2) is 0 Å². The van der Waals surface area contributed by atoms with Gasteiger partial charge in [0.2, 0.25) is 0 Å². The van der Waals surface area contributed by atoms with Gasteiger partial charge in [0.25, 0.3) is 0 Å². The molecule has 4 nitrogen and oxygen atoms in total. The highest BCUT2D eigenvalue weighted by molar-refractivity contribution is 5.90. The molecule has 0 saturated carbocycles. The Balaban J connectivity index is 2.27. The summed E-state index contributed by atoms with van der Waals surface area (Å²) in [5.41, 5.74) is 1.17. The Kier molecular flexibility index (Phi) is 2.96. The van der Waals surface area contributed by atoms with E-state index in [1.54, 1.807) is 19.1 Å². The molecule has 0 fully saturated rings. The van der Waals surface area contributed by atoms with Crippen LogP contribution in [0.1, 0.15) is 31.1 Å². The maximum Gasteiger partial charge on any atom is 0.338 e. The minimum atomic E-state index is -0.317. The van der Waals surface area contributed by atoms with E-state index in [9.17, 15) is 4.79 Å². The van der Waals surface area contributed by atoms with Crippen LogP contribution in [0.25, 0.3) is 0 Å². The second-order valence-corrected chi connectivity index (χ2v) is 4.65. The Labute approximate surface area is 101 Å². The zero-order valence-electron chi connectivity index (χ0n) is 10.4. The number of hydrogen-bond acceptors (Lipinski definition) is 4. The lowest BCUT2D eigenvalue weighted by atomic mass is 10.1. The minimum absolute atomic E-state index is 0.264. The topological polar surface area (TPSA) is 47.6 Å². The summed E-state index contributed by atoms with van der Waals surface area (Å²) < 4.78 is 10.8. The summed E-state index contributed by atoms with van der Waals surface area (Å²) in [6.07, 6.45) is 0. The van der Waals surface area contributed by atoms with Crippen molar-refractivity contribution in [3.63, 3.8) is 0 Å². The molecule has 0 radical (unpaired) electrons. The molecule has 1 aromatic rings. The summed E-state index contributed by atoms with van der Waals surface area (Å²) >= 11 is 0. The van der Waals surface area contributed by atoms with E-state index >= 15 is 0 Å². The Bertz CT molecular complexity index is 440. The van der Waals surface area contributed by atoms with Crippen molar-refractivity contribution in [3.8, 4) is 5.75 Å². The van der Waals surface area contributed by atoms with Gasteiger partial charge < -0.3 is 14.8 Å². The molecule has 1 aliphatic heterocycles. The van der Waals surface area contributed by atoms with E-state index in [2.05, 4.69) is 5.32 Å². The molecule has 1 aliphatic rings. The SMILES string of the molecule is CCOC(=O)c1ccc2c(c1)OC(C)(C)CN2. The van der Waals surface area contributed by atoms with Crippen LogP contribution in [-0.2, 0) is 4.74 Å². The first-order valence-corrected chi connectivity index (χ1v) is 5.76. The molecular formula is C13H17NO3. The van der Waals surface area contributed by atoms with Crippen LogP contribution in [0, 0.1) is 0 Å². The molecular weight excluding hydrogens is 218 g/mol. The molecule has 0 aliphatic carbocycles. The van der Waals surface area contributed by atoms with Crippen molar-refractivity contribution in [2.75, 3.05) is 18.5 Å². The lowest BCUT2D eigenvalue weighted by molar-refractivity contribution is 0.0524.